The monoisotopic (exact) mass is 514 g/mol. The lowest BCUT2D eigenvalue weighted by atomic mass is 9.92. The predicted molar refractivity (Wildman–Crippen MR) is 140 cm³/mol. The van der Waals surface area contributed by atoms with Crippen molar-refractivity contribution in [3.63, 3.8) is 0 Å². The number of benzene rings is 3. The van der Waals surface area contributed by atoms with E-state index in [4.69, 9.17) is 25.8 Å². The van der Waals surface area contributed by atoms with Crippen LogP contribution in [0.1, 0.15) is 38.8 Å². The summed E-state index contributed by atoms with van der Waals surface area (Å²) in [5.41, 5.74) is 5.09. The average Bonchev–Trinajstić information content (AvgIpc) is 3.55. The predicted octanol–water partition coefficient (Wildman–Crippen LogP) is 5.52. The van der Waals surface area contributed by atoms with Crippen molar-refractivity contribution in [2.75, 3.05) is 20.4 Å². The summed E-state index contributed by atoms with van der Waals surface area (Å²) >= 11 is 6.14. The molecular formula is C29H23ClN2O5. The van der Waals surface area contributed by atoms with Crippen molar-refractivity contribution < 1.29 is 23.8 Å². The van der Waals surface area contributed by atoms with E-state index in [0.717, 1.165) is 23.2 Å². The second kappa shape index (κ2) is 9.33. The lowest BCUT2D eigenvalue weighted by molar-refractivity contribution is -0.128. The van der Waals surface area contributed by atoms with Gasteiger partial charge in [-0.25, -0.2) is 4.79 Å². The minimum Gasteiger partial charge on any atom is -0.465 e. The van der Waals surface area contributed by atoms with Gasteiger partial charge in [0.15, 0.2) is 11.5 Å². The van der Waals surface area contributed by atoms with E-state index in [2.05, 4.69) is 17.1 Å². The molecule has 8 heteroatoms. The highest BCUT2D eigenvalue weighted by atomic mass is 35.5. The van der Waals surface area contributed by atoms with Crippen LogP contribution in [0.3, 0.4) is 0 Å². The van der Waals surface area contributed by atoms with E-state index in [1.165, 1.54) is 24.1 Å². The number of hydrogen-bond donors (Lipinski definition) is 1. The van der Waals surface area contributed by atoms with E-state index in [9.17, 15) is 9.59 Å². The molecule has 1 aromatic heterocycles. The fraction of sp³-hybridized carbons (Fsp3) is 0.172. The molecule has 1 amide bonds. The maximum Gasteiger partial charge on any atom is 0.339 e. The van der Waals surface area contributed by atoms with Gasteiger partial charge in [0.1, 0.15) is 0 Å². The van der Waals surface area contributed by atoms with E-state index in [1.54, 1.807) is 24.3 Å². The first-order chi connectivity index (χ1) is 18.0. The second-order valence-corrected chi connectivity index (χ2v) is 9.33. The zero-order valence-corrected chi connectivity index (χ0v) is 20.7. The van der Waals surface area contributed by atoms with Gasteiger partial charge in [0.25, 0.3) is 0 Å². The van der Waals surface area contributed by atoms with Crippen LogP contribution in [0.4, 0.5) is 0 Å². The number of esters is 1. The van der Waals surface area contributed by atoms with E-state index in [0.29, 0.717) is 28.6 Å². The molecule has 0 fully saturated rings. The van der Waals surface area contributed by atoms with Crippen LogP contribution in [-0.4, -0.2) is 42.2 Å². The van der Waals surface area contributed by atoms with Gasteiger partial charge in [0.05, 0.1) is 23.7 Å². The summed E-state index contributed by atoms with van der Waals surface area (Å²) in [6.45, 7) is 0.728. The molecule has 0 saturated heterocycles. The van der Waals surface area contributed by atoms with Gasteiger partial charge in [-0.3, -0.25) is 4.79 Å². The number of ether oxygens (including phenoxy) is 3. The third-order valence-corrected chi connectivity index (χ3v) is 7.17. The summed E-state index contributed by atoms with van der Waals surface area (Å²) in [7, 11) is 1.30. The molecular weight excluding hydrogens is 492 g/mol. The number of carbonyl (C=O) groups excluding carboxylic acids is 2. The molecule has 2 aliphatic rings. The van der Waals surface area contributed by atoms with E-state index < -0.39 is 5.97 Å². The van der Waals surface area contributed by atoms with Crippen LogP contribution in [0.2, 0.25) is 5.02 Å². The number of carbonyl (C=O) groups is 2. The highest BCUT2D eigenvalue weighted by Crippen LogP contribution is 2.42. The van der Waals surface area contributed by atoms with Gasteiger partial charge in [-0.2, -0.15) is 0 Å². The van der Waals surface area contributed by atoms with Crippen LogP contribution in [0.5, 0.6) is 11.5 Å². The number of nitrogens with zero attached hydrogens (tertiary/aromatic N) is 1. The Labute approximate surface area is 218 Å². The maximum absolute atomic E-state index is 13.6. The minimum atomic E-state index is -0.531. The number of H-pyrrole nitrogens is 1. The van der Waals surface area contributed by atoms with Gasteiger partial charge in [-0.05, 0) is 59.5 Å². The highest BCUT2D eigenvalue weighted by Gasteiger charge is 2.34. The first-order valence-corrected chi connectivity index (χ1v) is 12.3. The fourth-order valence-electron chi connectivity index (χ4n) is 5.08. The second-order valence-electron chi connectivity index (χ2n) is 8.92. The molecule has 3 heterocycles. The number of aromatic amines is 1. The summed E-state index contributed by atoms with van der Waals surface area (Å²) in [4.78, 5) is 31.0. The molecule has 0 spiro atoms. The minimum absolute atomic E-state index is 0.151. The van der Waals surface area contributed by atoms with Crippen LogP contribution in [0.15, 0.2) is 66.7 Å². The molecule has 1 atom stereocenters. The largest absolute Gasteiger partial charge is 0.465 e. The van der Waals surface area contributed by atoms with Crippen LogP contribution in [0, 0.1) is 0 Å². The summed E-state index contributed by atoms with van der Waals surface area (Å²) in [6, 6.07) is 18.6. The molecule has 0 radical (unpaired) electrons. The lowest BCUT2D eigenvalue weighted by Gasteiger charge is -2.35. The number of halogens is 1. The Hall–Kier alpha value is -4.23. The Morgan fingerprint density at radius 3 is 2.78 bits per heavy atom. The third kappa shape index (κ3) is 4.11. The van der Waals surface area contributed by atoms with Crippen molar-refractivity contribution in [1.82, 2.24) is 9.88 Å². The van der Waals surface area contributed by atoms with Gasteiger partial charge in [0, 0.05) is 29.2 Å². The number of rotatable bonds is 4. The normalized spacial score (nSPS) is 16.3. The molecule has 1 N–H and O–H groups in total. The van der Waals surface area contributed by atoms with Crippen molar-refractivity contribution >= 4 is 40.5 Å². The van der Waals surface area contributed by atoms with Crippen molar-refractivity contribution in [3.05, 3.63) is 99.7 Å². The number of aromatic nitrogens is 1. The summed E-state index contributed by atoms with van der Waals surface area (Å²) in [5, 5.41) is 1.46. The quantitative estimate of drug-likeness (QED) is 0.286. The summed E-state index contributed by atoms with van der Waals surface area (Å²) in [5.74, 6) is 0.678. The molecule has 2 aliphatic heterocycles. The van der Waals surface area contributed by atoms with Crippen LogP contribution >= 0.6 is 11.6 Å². The Bertz CT molecular complexity index is 1570. The Balaban J connectivity index is 1.38. The molecule has 4 aromatic rings. The number of para-hydroxylation sites is 1. The molecule has 6 rings (SSSR count). The smallest absolute Gasteiger partial charge is 0.339 e. The van der Waals surface area contributed by atoms with Crippen LogP contribution in [0.25, 0.3) is 17.0 Å². The molecule has 186 valence electrons. The fourth-order valence-corrected chi connectivity index (χ4v) is 5.28. The van der Waals surface area contributed by atoms with Gasteiger partial charge < -0.3 is 24.1 Å². The van der Waals surface area contributed by atoms with Gasteiger partial charge in [-0.15, -0.1) is 0 Å². The molecule has 37 heavy (non-hydrogen) atoms. The average molecular weight is 515 g/mol. The van der Waals surface area contributed by atoms with Crippen molar-refractivity contribution in [2.24, 2.45) is 0 Å². The van der Waals surface area contributed by atoms with E-state index in [-0.39, 0.29) is 24.3 Å². The molecule has 3 aromatic carbocycles. The third-order valence-electron chi connectivity index (χ3n) is 6.84. The lowest BCUT2D eigenvalue weighted by Crippen LogP contribution is -2.39. The number of nitrogens with one attached hydrogen (secondary N) is 1. The van der Waals surface area contributed by atoms with Crippen LogP contribution in [-0.2, 0) is 16.0 Å². The number of hydrogen-bond acceptors (Lipinski definition) is 5. The van der Waals surface area contributed by atoms with E-state index in [1.807, 2.05) is 35.2 Å². The Morgan fingerprint density at radius 2 is 1.92 bits per heavy atom. The number of methoxy groups -OCH3 is 1. The number of amides is 1. The van der Waals surface area contributed by atoms with Gasteiger partial charge in [0.2, 0.25) is 12.7 Å². The summed E-state index contributed by atoms with van der Waals surface area (Å²) < 4.78 is 15.9. The van der Waals surface area contributed by atoms with Crippen molar-refractivity contribution in [2.45, 2.75) is 12.5 Å². The van der Waals surface area contributed by atoms with Gasteiger partial charge in [-0.1, -0.05) is 41.9 Å². The molecule has 0 aliphatic carbocycles. The topological polar surface area (TPSA) is 80.9 Å². The number of fused-ring (bicyclic) bond motifs is 4. The van der Waals surface area contributed by atoms with E-state index >= 15 is 0 Å². The van der Waals surface area contributed by atoms with Crippen molar-refractivity contribution in [3.8, 4) is 11.5 Å². The SMILES string of the molecule is COC(=O)c1cc(/C=C/C(=O)N2CCc3c([nH]c4ccccc34)C2c2ccc3c(c2)OCO3)ccc1Cl. The standard InChI is InChI=1S/C29H23ClN2O5/c1-35-29(34)21-14-17(6-9-22(21)30)7-11-26(33)32-13-12-20-19-4-2-3-5-23(19)31-27(20)28(32)18-8-10-24-25(15-18)37-16-36-24/h2-11,14-15,28,31H,12-13,16H2,1H3/b11-7+. The first-order valence-electron chi connectivity index (χ1n) is 11.9. The van der Waals surface area contributed by atoms with Gasteiger partial charge >= 0.3 is 5.97 Å². The molecule has 0 saturated carbocycles. The Morgan fingerprint density at radius 1 is 1.08 bits per heavy atom. The Kier molecular flexibility index (Phi) is 5.85. The highest BCUT2D eigenvalue weighted by molar-refractivity contribution is 6.33. The van der Waals surface area contributed by atoms with Crippen molar-refractivity contribution in [1.29, 1.82) is 0 Å². The zero-order valence-electron chi connectivity index (χ0n) is 20.0. The first kappa shape index (κ1) is 23.2. The summed E-state index contributed by atoms with van der Waals surface area (Å²) in [6.07, 6.45) is 3.94. The molecule has 7 nitrogen and oxygen atoms in total. The molecule has 1 unspecified atom stereocenters. The zero-order chi connectivity index (χ0) is 25.5. The molecule has 0 bridgehead atoms. The van der Waals surface area contributed by atoms with Crippen LogP contribution < -0.4 is 9.47 Å². The maximum atomic E-state index is 13.6.